The lowest BCUT2D eigenvalue weighted by Crippen LogP contribution is -2.54. The summed E-state index contributed by atoms with van der Waals surface area (Å²) in [6.45, 7) is 5.90. The van der Waals surface area contributed by atoms with Crippen LogP contribution in [0.2, 0.25) is 0 Å². The average molecular weight is 355 g/mol. The van der Waals surface area contributed by atoms with Gasteiger partial charge in [-0.2, -0.15) is 0 Å². The van der Waals surface area contributed by atoms with Gasteiger partial charge in [-0.25, -0.2) is 0 Å². The maximum atomic E-state index is 12.7. The second-order valence-corrected chi connectivity index (χ2v) is 6.96. The van der Waals surface area contributed by atoms with Crippen LogP contribution in [-0.4, -0.2) is 47.0 Å². The average Bonchev–Trinajstić information content (AvgIpc) is 3.10. The topological polar surface area (TPSA) is 63.6 Å². The highest BCUT2D eigenvalue weighted by Gasteiger charge is 2.32. The SMILES string of the molecule is CC(C)CN1C(=O)c2cccn2CC1CNC(=O)COc1ccccc1. The highest BCUT2D eigenvalue weighted by Crippen LogP contribution is 2.19. The fourth-order valence-corrected chi connectivity index (χ4v) is 3.15. The molecule has 138 valence electrons. The van der Waals surface area contributed by atoms with Crippen LogP contribution < -0.4 is 10.1 Å². The number of fused-ring (bicyclic) bond motifs is 1. The first-order valence-corrected chi connectivity index (χ1v) is 8.95. The van der Waals surface area contributed by atoms with Crippen LogP contribution in [0, 0.1) is 5.92 Å². The molecular weight excluding hydrogens is 330 g/mol. The van der Waals surface area contributed by atoms with E-state index in [2.05, 4.69) is 19.2 Å². The van der Waals surface area contributed by atoms with Crippen molar-refractivity contribution >= 4 is 11.8 Å². The lowest BCUT2D eigenvalue weighted by Gasteiger charge is -2.37. The third kappa shape index (κ3) is 4.25. The van der Waals surface area contributed by atoms with Crippen LogP contribution >= 0.6 is 0 Å². The predicted octanol–water partition coefficient (Wildman–Crippen LogP) is 2.16. The van der Waals surface area contributed by atoms with E-state index in [1.807, 2.05) is 58.1 Å². The predicted molar refractivity (Wildman–Crippen MR) is 99.0 cm³/mol. The van der Waals surface area contributed by atoms with E-state index >= 15 is 0 Å². The molecular formula is C20H25N3O3. The molecule has 1 aromatic carbocycles. The number of hydrogen-bond acceptors (Lipinski definition) is 3. The van der Waals surface area contributed by atoms with Crippen molar-refractivity contribution in [3.05, 3.63) is 54.4 Å². The van der Waals surface area contributed by atoms with Crippen molar-refractivity contribution in [2.24, 2.45) is 5.92 Å². The van der Waals surface area contributed by atoms with Gasteiger partial charge in [-0.1, -0.05) is 32.0 Å². The molecule has 1 aliphatic rings. The molecule has 1 aliphatic heterocycles. The van der Waals surface area contributed by atoms with Gasteiger partial charge in [-0.05, 0) is 30.2 Å². The standard InChI is InChI=1S/C20H25N3O3/c1-15(2)12-23-16(13-22-10-6-9-18(22)20(23)25)11-21-19(24)14-26-17-7-4-3-5-8-17/h3-10,15-16H,11-14H2,1-2H3,(H,21,24). The van der Waals surface area contributed by atoms with Gasteiger partial charge >= 0.3 is 0 Å². The lowest BCUT2D eigenvalue weighted by molar-refractivity contribution is -0.123. The van der Waals surface area contributed by atoms with Gasteiger partial charge < -0.3 is 19.5 Å². The largest absolute Gasteiger partial charge is 0.484 e. The Labute approximate surface area is 153 Å². The number of amides is 2. The van der Waals surface area contributed by atoms with Crippen LogP contribution in [0.25, 0.3) is 0 Å². The Hall–Kier alpha value is -2.76. The molecule has 0 bridgehead atoms. The summed E-state index contributed by atoms with van der Waals surface area (Å²) in [6.07, 6.45) is 1.91. The highest BCUT2D eigenvalue weighted by atomic mass is 16.5. The first-order valence-electron chi connectivity index (χ1n) is 8.95. The third-order valence-corrected chi connectivity index (χ3v) is 4.37. The number of carbonyl (C=O) groups excluding carboxylic acids is 2. The molecule has 0 fully saturated rings. The van der Waals surface area contributed by atoms with E-state index in [0.29, 0.717) is 37.0 Å². The van der Waals surface area contributed by atoms with Crippen molar-refractivity contribution in [3.8, 4) is 5.75 Å². The van der Waals surface area contributed by atoms with Crippen molar-refractivity contribution in [3.63, 3.8) is 0 Å². The molecule has 26 heavy (non-hydrogen) atoms. The summed E-state index contributed by atoms with van der Waals surface area (Å²) in [6, 6.07) is 12.9. The maximum absolute atomic E-state index is 12.7. The quantitative estimate of drug-likeness (QED) is 0.828. The van der Waals surface area contributed by atoms with E-state index in [-0.39, 0.29) is 24.5 Å². The molecule has 2 aromatic rings. The first-order chi connectivity index (χ1) is 12.5. The molecule has 0 radical (unpaired) electrons. The number of aromatic nitrogens is 1. The molecule has 2 heterocycles. The van der Waals surface area contributed by atoms with Gasteiger partial charge in [0, 0.05) is 25.8 Å². The van der Waals surface area contributed by atoms with Crippen LogP contribution in [0.1, 0.15) is 24.3 Å². The molecule has 2 amide bonds. The summed E-state index contributed by atoms with van der Waals surface area (Å²) in [7, 11) is 0. The Bertz CT molecular complexity index is 755. The lowest BCUT2D eigenvalue weighted by atomic mass is 10.1. The Morgan fingerprint density at radius 3 is 2.73 bits per heavy atom. The number of benzene rings is 1. The first kappa shape index (κ1) is 18.0. The Morgan fingerprint density at radius 1 is 1.23 bits per heavy atom. The summed E-state index contributed by atoms with van der Waals surface area (Å²) >= 11 is 0. The van der Waals surface area contributed by atoms with Gasteiger partial charge in [0.1, 0.15) is 11.4 Å². The molecule has 3 rings (SSSR count). The summed E-state index contributed by atoms with van der Waals surface area (Å²) in [4.78, 5) is 26.7. The van der Waals surface area contributed by atoms with Crippen LogP contribution in [0.5, 0.6) is 5.75 Å². The van der Waals surface area contributed by atoms with Gasteiger partial charge in [0.2, 0.25) is 0 Å². The number of hydrogen-bond donors (Lipinski definition) is 1. The van der Waals surface area contributed by atoms with Crippen LogP contribution in [0.3, 0.4) is 0 Å². The van der Waals surface area contributed by atoms with Crippen LogP contribution in [-0.2, 0) is 11.3 Å². The Morgan fingerprint density at radius 2 is 2.00 bits per heavy atom. The molecule has 1 atom stereocenters. The van der Waals surface area contributed by atoms with Crippen molar-refractivity contribution in [2.45, 2.75) is 26.4 Å². The molecule has 0 saturated carbocycles. The van der Waals surface area contributed by atoms with Crippen molar-refractivity contribution in [1.29, 1.82) is 0 Å². The Balaban J connectivity index is 1.58. The summed E-state index contributed by atoms with van der Waals surface area (Å²) in [5.41, 5.74) is 0.709. The number of ether oxygens (including phenoxy) is 1. The minimum absolute atomic E-state index is 0.0229. The molecule has 1 N–H and O–H groups in total. The number of carbonyl (C=O) groups is 2. The van der Waals surface area contributed by atoms with Gasteiger partial charge in [0.05, 0.1) is 6.04 Å². The van der Waals surface area contributed by atoms with Crippen LogP contribution in [0.4, 0.5) is 0 Å². The number of rotatable bonds is 7. The summed E-state index contributed by atoms with van der Waals surface area (Å²) in [5, 5.41) is 2.90. The van der Waals surface area contributed by atoms with E-state index < -0.39 is 0 Å². The smallest absolute Gasteiger partial charge is 0.270 e. The second-order valence-electron chi connectivity index (χ2n) is 6.96. The summed E-state index contributed by atoms with van der Waals surface area (Å²) in [5.74, 6) is 0.854. The van der Waals surface area contributed by atoms with Gasteiger partial charge in [0.25, 0.3) is 11.8 Å². The minimum Gasteiger partial charge on any atom is -0.484 e. The molecule has 0 saturated heterocycles. The van der Waals surface area contributed by atoms with Gasteiger partial charge in [-0.15, -0.1) is 0 Å². The van der Waals surface area contributed by atoms with E-state index in [0.717, 1.165) is 0 Å². The van der Waals surface area contributed by atoms with Crippen molar-refractivity contribution in [1.82, 2.24) is 14.8 Å². The molecule has 0 spiro atoms. The number of nitrogens with one attached hydrogen (secondary N) is 1. The van der Waals surface area contributed by atoms with E-state index in [1.54, 1.807) is 0 Å². The molecule has 1 unspecified atom stereocenters. The number of para-hydroxylation sites is 1. The molecule has 6 heteroatoms. The van der Waals surface area contributed by atoms with Crippen molar-refractivity contribution in [2.75, 3.05) is 19.7 Å². The molecule has 6 nitrogen and oxygen atoms in total. The normalized spacial score (nSPS) is 16.5. The van der Waals surface area contributed by atoms with E-state index in [4.69, 9.17) is 4.74 Å². The van der Waals surface area contributed by atoms with E-state index in [1.165, 1.54) is 0 Å². The zero-order valence-corrected chi connectivity index (χ0v) is 15.2. The molecule has 0 aliphatic carbocycles. The third-order valence-electron chi connectivity index (χ3n) is 4.37. The highest BCUT2D eigenvalue weighted by molar-refractivity contribution is 5.93. The fraction of sp³-hybridized carbons (Fsp3) is 0.400. The Kier molecular flexibility index (Phi) is 5.61. The zero-order chi connectivity index (χ0) is 18.5. The summed E-state index contributed by atoms with van der Waals surface area (Å²) < 4.78 is 7.42. The second kappa shape index (κ2) is 8.08. The zero-order valence-electron chi connectivity index (χ0n) is 15.2. The van der Waals surface area contributed by atoms with Gasteiger partial charge in [-0.3, -0.25) is 9.59 Å². The number of nitrogens with zero attached hydrogens (tertiary/aromatic N) is 2. The van der Waals surface area contributed by atoms with Crippen molar-refractivity contribution < 1.29 is 14.3 Å². The van der Waals surface area contributed by atoms with Gasteiger partial charge in [0.15, 0.2) is 6.61 Å². The maximum Gasteiger partial charge on any atom is 0.270 e. The molecule has 1 aromatic heterocycles. The van der Waals surface area contributed by atoms with Crippen LogP contribution in [0.15, 0.2) is 48.7 Å². The fourth-order valence-electron chi connectivity index (χ4n) is 3.15. The monoisotopic (exact) mass is 355 g/mol. The minimum atomic E-state index is -0.191. The van der Waals surface area contributed by atoms with E-state index in [9.17, 15) is 9.59 Å².